The van der Waals surface area contributed by atoms with Crippen LogP contribution in [0.4, 0.5) is 10.1 Å². The molecule has 2 N–H and O–H groups in total. The van der Waals surface area contributed by atoms with E-state index < -0.39 is 0 Å². The first kappa shape index (κ1) is 13.9. The summed E-state index contributed by atoms with van der Waals surface area (Å²) < 4.78 is 14.5. The van der Waals surface area contributed by atoms with E-state index in [4.69, 9.17) is 0 Å². The molecule has 2 nitrogen and oxygen atoms in total. The Morgan fingerprint density at radius 2 is 1.89 bits per heavy atom. The van der Waals surface area contributed by atoms with Gasteiger partial charge in [0.1, 0.15) is 11.6 Å². The standard InChI is InChI=1S/C15H15BrFNO/c1-2-14(10-3-6-12(19)7-4-10)18-15-8-5-11(16)9-13(15)17/h3-9,14,18-19H,2H2,1H3. The Morgan fingerprint density at radius 3 is 2.47 bits per heavy atom. The lowest BCUT2D eigenvalue weighted by Gasteiger charge is -2.19. The van der Waals surface area contributed by atoms with Gasteiger partial charge in [0.15, 0.2) is 0 Å². The van der Waals surface area contributed by atoms with Crippen molar-refractivity contribution in [3.05, 3.63) is 58.3 Å². The second kappa shape index (κ2) is 6.06. The third kappa shape index (κ3) is 3.47. The molecule has 0 fully saturated rings. The summed E-state index contributed by atoms with van der Waals surface area (Å²) in [5, 5.41) is 12.5. The van der Waals surface area contributed by atoms with E-state index in [1.807, 2.05) is 19.1 Å². The minimum absolute atomic E-state index is 0.0104. The number of phenolic OH excluding ortho intramolecular Hbond substituents is 1. The second-order valence-corrected chi connectivity index (χ2v) is 5.24. The van der Waals surface area contributed by atoms with Gasteiger partial charge in [0.25, 0.3) is 0 Å². The maximum Gasteiger partial charge on any atom is 0.147 e. The number of benzene rings is 2. The number of rotatable bonds is 4. The molecule has 0 spiro atoms. The lowest BCUT2D eigenvalue weighted by atomic mass is 10.0. The van der Waals surface area contributed by atoms with Gasteiger partial charge in [-0.05, 0) is 42.3 Å². The Kier molecular flexibility index (Phi) is 4.43. The van der Waals surface area contributed by atoms with E-state index in [9.17, 15) is 9.50 Å². The molecule has 100 valence electrons. The summed E-state index contributed by atoms with van der Waals surface area (Å²) in [6.07, 6.45) is 0.820. The van der Waals surface area contributed by atoms with Gasteiger partial charge in [-0.15, -0.1) is 0 Å². The molecule has 2 aromatic carbocycles. The molecule has 0 radical (unpaired) electrons. The van der Waals surface area contributed by atoms with E-state index in [2.05, 4.69) is 21.2 Å². The minimum atomic E-state index is -0.286. The lowest BCUT2D eigenvalue weighted by molar-refractivity contribution is 0.475. The molecule has 2 aromatic rings. The molecule has 0 heterocycles. The Bertz CT molecular complexity index is 557. The van der Waals surface area contributed by atoms with E-state index in [0.717, 1.165) is 12.0 Å². The zero-order valence-electron chi connectivity index (χ0n) is 10.5. The van der Waals surface area contributed by atoms with Crippen molar-refractivity contribution in [3.63, 3.8) is 0 Å². The van der Waals surface area contributed by atoms with Gasteiger partial charge in [-0.2, -0.15) is 0 Å². The smallest absolute Gasteiger partial charge is 0.147 e. The van der Waals surface area contributed by atoms with Crippen molar-refractivity contribution in [2.75, 3.05) is 5.32 Å². The Labute approximate surface area is 120 Å². The van der Waals surface area contributed by atoms with E-state index >= 15 is 0 Å². The third-order valence-corrected chi connectivity index (χ3v) is 3.46. The number of aromatic hydroxyl groups is 1. The first-order chi connectivity index (χ1) is 9.10. The topological polar surface area (TPSA) is 32.3 Å². The van der Waals surface area contributed by atoms with Crippen LogP contribution in [-0.2, 0) is 0 Å². The van der Waals surface area contributed by atoms with Crippen LogP contribution in [0.2, 0.25) is 0 Å². The molecule has 0 aliphatic heterocycles. The van der Waals surface area contributed by atoms with Crippen LogP contribution in [0.3, 0.4) is 0 Å². The van der Waals surface area contributed by atoms with Gasteiger partial charge in [-0.3, -0.25) is 0 Å². The molecule has 2 rings (SSSR count). The number of hydrogen-bond donors (Lipinski definition) is 2. The molecule has 19 heavy (non-hydrogen) atoms. The predicted molar refractivity (Wildman–Crippen MR) is 78.9 cm³/mol. The summed E-state index contributed by atoms with van der Waals surface area (Å²) >= 11 is 3.24. The normalized spacial score (nSPS) is 12.2. The van der Waals surface area contributed by atoms with Crippen LogP contribution in [0, 0.1) is 5.82 Å². The Hall–Kier alpha value is -1.55. The molecule has 1 atom stereocenters. The van der Waals surface area contributed by atoms with Crippen LogP contribution in [0.1, 0.15) is 24.9 Å². The van der Waals surface area contributed by atoms with Crippen LogP contribution < -0.4 is 5.32 Å². The Morgan fingerprint density at radius 1 is 1.21 bits per heavy atom. The average molecular weight is 324 g/mol. The number of nitrogens with one attached hydrogen (secondary N) is 1. The van der Waals surface area contributed by atoms with Crippen LogP contribution in [0.15, 0.2) is 46.9 Å². The highest BCUT2D eigenvalue weighted by Gasteiger charge is 2.11. The first-order valence-corrected chi connectivity index (χ1v) is 6.90. The summed E-state index contributed by atoms with van der Waals surface area (Å²) in [5.74, 6) is -0.0555. The van der Waals surface area contributed by atoms with E-state index in [1.165, 1.54) is 6.07 Å². The molecule has 0 bridgehead atoms. The molecular weight excluding hydrogens is 309 g/mol. The average Bonchev–Trinajstić information content (AvgIpc) is 2.39. The second-order valence-electron chi connectivity index (χ2n) is 4.32. The fraction of sp³-hybridized carbons (Fsp3) is 0.200. The fourth-order valence-electron chi connectivity index (χ4n) is 1.92. The molecule has 0 saturated heterocycles. The summed E-state index contributed by atoms with van der Waals surface area (Å²) in [6, 6.07) is 11.9. The van der Waals surface area contributed by atoms with Crippen molar-refractivity contribution in [2.45, 2.75) is 19.4 Å². The largest absolute Gasteiger partial charge is 0.508 e. The molecule has 1 unspecified atom stereocenters. The monoisotopic (exact) mass is 323 g/mol. The summed E-state index contributed by atoms with van der Waals surface area (Å²) in [7, 11) is 0. The van der Waals surface area contributed by atoms with Crippen molar-refractivity contribution >= 4 is 21.6 Å². The van der Waals surface area contributed by atoms with Gasteiger partial charge < -0.3 is 10.4 Å². The molecule has 0 saturated carbocycles. The molecule has 0 aliphatic carbocycles. The van der Waals surface area contributed by atoms with Crippen molar-refractivity contribution in [1.82, 2.24) is 0 Å². The van der Waals surface area contributed by atoms with Crippen molar-refractivity contribution in [2.24, 2.45) is 0 Å². The number of phenols is 1. The Balaban J connectivity index is 2.21. The maximum absolute atomic E-state index is 13.8. The molecular formula is C15H15BrFNO. The van der Waals surface area contributed by atoms with Gasteiger partial charge in [0, 0.05) is 4.47 Å². The van der Waals surface area contributed by atoms with Gasteiger partial charge in [0.2, 0.25) is 0 Å². The highest BCUT2D eigenvalue weighted by Crippen LogP contribution is 2.27. The highest BCUT2D eigenvalue weighted by atomic mass is 79.9. The van der Waals surface area contributed by atoms with E-state index in [-0.39, 0.29) is 17.6 Å². The zero-order valence-corrected chi connectivity index (χ0v) is 12.1. The van der Waals surface area contributed by atoms with Crippen LogP contribution in [0.5, 0.6) is 5.75 Å². The summed E-state index contributed by atoms with van der Waals surface area (Å²) in [4.78, 5) is 0. The van der Waals surface area contributed by atoms with Gasteiger partial charge in [0.05, 0.1) is 11.7 Å². The maximum atomic E-state index is 13.8. The SMILES string of the molecule is CCC(Nc1ccc(Br)cc1F)c1ccc(O)cc1. The van der Waals surface area contributed by atoms with Crippen molar-refractivity contribution in [1.29, 1.82) is 0 Å². The summed E-state index contributed by atoms with van der Waals surface area (Å²) in [6.45, 7) is 2.03. The number of halogens is 2. The molecule has 0 aliphatic rings. The predicted octanol–water partition coefficient (Wildman–Crippen LogP) is 4.86. The number of hydrogen-bond acceptors (Lipinski definition) is 2. The highest BCUT2D eigenvalue weighted by molar-refractivity contribution is 9.10. The van der Waals surface area contributed by atoms with Crippen LogP contribution >= 0.6 is 15.9 Å². The quantitative estimate of drug-likeness (QED) is 0.842. The first-order valence-electron chi connectivity index (χ1n) is 6.10. The van der Waals surface area contributed by atoms with E-state index in [1.54, 1.807) is 24.3 Å². The number of anilines is 1. The fourth-order valence-corrected chi connectivity index (χ4v) is 2.26. The van der Waals surface area contributed by atoms with Gasteiger partial charge in [-0.1, -0.05) is 35.0 Å². The van der Waals surface area contributed by atoms with Crippen molar-refractivity contribution < 1.29 is 9.50 Å². The zero-order chi connectivity index (χ0) is 13.8. The van der Waals surface area contributed by atoms with Crippen LogP contribution in [-0.4, -0.2) is 5.11 Å². The van der Waals surface area contributed by atoms with Gasteiger partial charge in [-0.25, -0.2) is 4.39 Å². The van der Waals surface area contributed by atoms with Crippen LogP contribution in [0.25, 0.3) is 0 Å². The minimum Gasteiger partial charge on any atom is -0.508 e. The lowest BCUT2D eigenvalue weighted by Crippen LogP contribution is -2.10. The van der Waals surface area contributed by atoms with E-state index in [0.29, 0.717) is 10.2 Å². The molecule has 4 heteroatoms. The summed E-state index contributed by atoms with van der Waals surface area (Å²) in [5.41, 5.74) is 1.49. The third-order valence-electron chi connectivity index (χ3n) is 2.96. The molecule has 0 aromatic heterocycles. The molecule has 0 amide bonds. The van der Waals surface area contributed by atoms with Gasteiger partial charge >= 0.3 is 0 Å². The van der Waals surface area contributed by atoms with Crippen molar-refractivity contribution in [3.8, 4) is 5.75 Å².